The normalized spacial score (nSPS) is 10.7. The van der Waals surface area contributed by atoms with Crippen molar-refractivity contribution in [1.82, 2.24) is 14.7 Å². The van der Waals surface area contributed by atoms with Gasteiger partial charge in [-0.3, -0.25) is 9.48 Å². The zero-order valence-electron chi connectivity index (χ0n) is 12.4. The van der Waals surface area contributed by atoms with E-state index in [1.165, 1.54) is 16.8 Å². The SMILES string of the molecule is CCN(Cc1cccc(F)c1)C(=O)c1c(N)c(C)nn1C. The van der Waals surface area contributed by atoms with Gasteiger partial charge in [0, 0.05) is 20.1 Å². The Labute approximate surface area is 123 Å². The Morgan fingerprint density at radius 1 is 1.48 bits per heavy atom. The Bertz CT molecular complexity index is 666. The first-order valence-electron chi connectivity index (χ1n) is 6.76. The highest BCUT2D eigenvalue weighted by atomic mass is 19.1. The van der Waals surface area contributed by atoms with E-state index in [0.717, 1.165) is 5.56 Å². The Morgan fingerprint density at radius 2 is 2.19 bits per heavy atom. The van der Waals surface area contributed by atoms with Crippen molar-refractivity contribution in [2.24, 2.45) is 7.05 Å². The average Bonchev–Trinajstić information content (AvgIpc) is 2.69. The van der Waals surface area contributed by atoms with E-state index in [2.05, 4.69) is 5.10 Å². The highest BCUT2D eigenvalue weighted by Crippen LogP contribution is 2.18. The van der Waals surface area contributed by atoms with Crippen molar-refractivity contribution in [2.75, 3.05) is 12.3 Å². The third-order valence-corrected chi connectivity index (χ3v) is 3.40. The summed E-state index contributed by atoms with van der Waals surface area (Å²) in [7, 11) is 1.69. The number of hydrogen-bond donors (Lipinski definition) is 1. The molecule has 0 aliphatic rings. The molecule has 1 amide bonds. The number of carbonyl (C=O) groups is 1. The fraction of sp³-hybridized carbons (Fsp3) is 0.333. The lowest BCUT2D eigenvalue weighted by Crippen LogP contribution is -2.32. The Hall–Kier alpha value is -2.37. The van der Waals surface area contributed by atoms with Crippen LogP contribution in [0.5, 0.6) is 0 Å². The molecule has 0 radical (unpaired) electrons. The van der Waals surface area contributed by atoms with Crippen LogP contribution in [0.25, 0.3) is 0 Å². The zero-order chi connectivity index (χ0) is 15.6. The zero-order valence-corrected chi connectivity index (χ0v) is 12.4. The molecule has 2 N–H and O–H groups in total. The number of hydrogen-bond acceptors (Lipinski definition) is 3. The third kappa shape index (κ3) is 3.04. The third-order valence-electron chi connectivity index (χ3n) is 3.40. The summed E-state index contributed by atoms with van der Waals surface area (Å²) in [6, 6.07) is 6.22. The number of amides is 1. The summed E-state index contributed by atoms with van der Waals surface area (Å²) in [4.78, 5) is 14.2. The number of benzene rings is 1. The van der Waals surface area contributed by atoms with Crippen molar-refractivity contribution in [2.45, 2.75) is 20.4 Å². The van der Waals surface area contributed by atoms with Crippen molar-refractivity contribution in [1.29, 1.82) is 0 Å². The van der Waals surface area contributed by atoms with Crippen LogP contribution in [0.15, 0.2) is 24.3 Å². The molecule has 0 fully saturated rings. The summed E-state index contributed by atoms with van der Waals surface area (Å²) in [5.41, 5.74) is 8.05. The van der Waals surface area contributed by atoms with Gasteiger partial charge >= 0.3 is 0 Å². The number of anilines is 1. The Balaban J connectivity index is 2.27. The number of nitrogen functional groups attached to an aromatic ring is 1. The molecule has 6 heteroatoms. The van der Waals surface area contributed by atoms with Crippen molar-refractivity contribution >= 4 is 11.6 Å². The van der Waals surface area contributed by atoms with E-state index in [9.17, 15) is 9.18 Å². The van der Waals surface area contributed by atoms with Gasteiger partial charge in [0.15, 0.2) is 0 Å². The minimum atomic E-state index is -0.313. The smallest absolute Gasteiger partial charge is 0.274 e. The first-order valence-corrected chi connectivity index (χ1v) is 6.76. The minimum Gasteiger partial charge on any atom is -0.395 e. The van der Waals surface area contributed by atoms with E-state index >= 15 is 0 Å². The molecule has 5 nitrogen and oxygen atoms in total. The van der Waals surface area contributed by atoms with Crippen molar-refractivity contribution < 1.29 is 9.18 Å². The number of nitrogens with zero attached hydrogens (tertiary/aromatic N) is 3. The number of halogens is 1. The van der Waals surface area contributed by atoms with Gasteiger partial charge in [0.05, 0.1) is 11.4 Å². The summed E-state index contributed by atoms with van der Waals surface area (Å²) in [5.74, 6) is -0.519. The molecule has 1 heterocycles. The lowest BCUT2D eigenvalue weighted by molar-refractivity contribution is 0.0742. The monoisotopic (exact) mass is 290 g/mol. The van der Waals surface area contributed by atoms with E-state index in [4.69, 9.17) is 5.73 Å². The molecule has 0 unspecified atom stereocenters. The number of nitrogens with two attached hydrogens (primary N) is 1. The molecule has 0 bridgehead atoms. The van der Waals surface area contributed by atoms with Gasteiger partial charge in [-0.2, -0.15) is 5.10 Å². The molecule has 0 atom stereocenters. The fourth-order valence-corrected chi connectivity index (χ4v) is 2.26. The number of aryl methyl sites for hydroxylation is 2. The van der Waals surface area contributed by atoms with Crippen LogP contribution in [0.4, 0.5) is 10.1 Å². The van der Waals surface area contributed by atoms with E-state index in [0.29, 0.717) is 30.2 Å². The van der Waals surface area contributed by atoms with E-state index in [-0.39, 0.29) is 11.7 Å². The van der Waals surface area contributed by atoms with Crippen LogP contribution in [0, 0.1) is 12.7 Å². The highest BCUT2D eigenvalue weighted by Gasteiger charge is 2.22. The number of carbonyl (C=O) groups excluding carboxylic acids is 1. The lowest BCUT2D eigenvalue weighted by atomic mass is 10.2. The molecule has 1 aromatic heterocycles. The second-order valence-corrected chi connectivity index (χ2v) is 4.92. The van der Waals surface area contributed by atoms with Gasteiger partial charge in [-0.05, 0) is 31.5 Å². The maximum absolute atomic E-state index is 13.2. The number of aromatic nitrogens is 2. The molecule has 2 rings (SSSR count). The van der Waals surface area contributed by atoms with Crippen molar-refractivity contribution in [3.63, 3.8) is 0 Å². The molecular formula is C15H19FN4O. The van der Waals surface area contributed by atoms with E-state index < -0.39 is 0 Å². The highest BCUT2D eigenvalue weighted by molar-refractivity contribution is 5.97. The van der Waals surface area contributed by atoms with Crippen LogP contribution in [-0.2, 0) is 13.6 Å². The van der Waals surface area contributed by atoms with Gasteiger partial charge in [-0.1, -0.05) is 12.1 Å². The van der Waals surface area contributed by atoms with Crippen molar-refractivity contribution in [3.8, 4) is 0 Å². The van der Waals surface area contributed by atoms with E-state index in [1.54, 1.807) is 31.0 Å². The summed E-state index contributed by atoms with van der Waals surface area (Å²) in [5, 5.41) is 4.15. The lowest BCUT2D eigenvalue weighted by Gasteiger charge is -2.21. The van der Waals surface area contributed by atoms with Crippen LogP contribution in [0.3, 0.4) is 0 Å². The second kappa shape index (κ2) is 5.95. The average molecular weight is 290 g/mol. The molecule has 21 heavy (non-hydrogen) atoms. The molecule has 0 saturated heterocycles. The maximum atomic E-state index is 13.2. The topological polar surface area (TPSA) is 64.2 Å². The largest absolute Gasteiger partial charge is 0.395 e. The van der Waals surface area contributed by atoms with Gasteiger partial charge in [0.1, 0.15) is 11.5 Å². The van der Waals surface area contributed by atoms with Crippen LogP contribution in [-0.4, -0.2) is 27.1 Å². The molecule has 0 aliphatic heterocycles. The predicted octanol–water partition coefficient (Wildman–Crippen LogP) is 2.11. The Kier molecular flexibility index (Phi) is 4.26. The summed E-state index contributed by atoms with van der Waals surface area (Å²) in [6.45, 7) is 4.46. The summed E-state index contributed by atoms with van der Waals surface area (Å²) >= 11 is 0. The molecular weight excluding hydrogens is 271 g/mol. The summed E-state index contributed by atoms with van der Waals surface area (Å²) in [6.07, 6.45) is 0. The fourth-order valence-electron chi connectivity index (χ4n) is 2.26. The molecule has 0 saturated carbocycles. The quantitative estimate of drug-likeness (QED) is 0.938. The van der Waals surface area contributed by atoms with Crippen LogP contribution >= 0.6 is 0 Å². The molecule has 1 aromatic carbocycles. The molecule has 0 spiro atoms. The van der Waals surface area contributed by atoms with Crippen LogP contribution < -0.4 is 5.73 Å². The Morgan fingerprint density at radius 3 is 2.71 bits per heavy atom. The summed E-state index contributed by atoms with van der Waals surface area (Å²) < 4.78 is 14.7. The van der Waals surface area contributed by atoms with Gasteiger partial charge < -0.3 is 10.6 Å². The van der Waals surface area contributed by atoms with Gasteiger partial charge in [0.2, 0.25) is 0 Å². The first kappa shape index (κ1) is 15.0. The minimum absolute atomic E-state index is 0.206. The van der Waals surface area contributed by atoms with Crippen LogP contribution in [0.1, 0.15) is 28.7 Å². The molecule has 112 valence electrons. The van der Waals surface area contributed by atoms with Gasteiger partial charge in [-0.25, -0.2) is 4.39 Å². The van der Waals surface area contributed by atoms with Gasteiger partial charge in [-0.15, -0.1) is 0 Å². The maximum Gasteiger partial charge on any atom is 0.274 e. The molecule has 2 aromatic rings. The van der Waals surface area contributed by atoms with E-state index in [1.807, 2.05) is 6.92 Å². The number of rotatable bonds is 4. The first-order chi connectivity index (χ1) is 9.93. The predicted molar refractivity (Wildman–Crippen MR) is 79.2 cm³/mol. The standard InChI is InChI=1S/C15H19FN4O/c1-4-20(9-11-6-5-7-12(16)8-11)15(21)14-13(17)10(2)18-19(14)3/h5-8H,4,9,17H2,1-3H3. The molecule has 0 aliphatic carbocycles. The van der Waals surface area contributed by atoms with Crippen LogP contribution in [0.2, 0.25) is 0 Å². The van der Waals surface area contributed by atoms with Gasteiger partial charge in [0.25, 0.3) is 5.91 Å². The van der Waals surface area contributed by atoms with Crippen molar-refractivity contribution in [3.05, 3.63) is 47.0 Å². The second-order valence-electron chi connectivity index (χ2n) is 4.92.